The average molecular weight is 335 g/mol. The minimum Gasteiger partial charge on any atom is -0.342 e. The van der Waals surface area contributed by atoms with E-state index in [-0.39, 0.29) is 11.4 Å². The molecule has 0 bridgehead atoms. The van der Waals surface area contributed by atoms with Gasteiger partial charge in [-0.15, -0.1) is 0 Å². The Bertz CT molecular complexity index is 927. The Labute approximate surface area is 145 Å². The summed E-state index contributed by atoms with van der Waals surface area (Å²) in [5, 5.41) is 11.1. The van der Waals surface area contributed by atoms with Gasteiger partial charge in [0.15, 0.2) is 0 Å². The number of pyridine rings is 1. The number of rotatable bonds is 5. The van der Waals surface area contributed by atoms with Crippen molar-refractivity contribution in [2.45, 2.75) is 18.9 Å². The van der Waals surface area contributed by atoms with Crippen LogP contribution in [0.4, 0.5) is 4.39 Å². The Kier molecular flexibility index (Phi) is 4.57. The van der Waals surface area contributed by atoms with Gasteiger partial charge in [0, 0.05) is 24.2 Å². The van der Waals surface area contributed by atoms with Gasteiger partial charge in [0.2, 0.25) is 0 Å². The molecular weight excluding hydrogens is 317 g/mol. The third-order valence-electron chi connectivity index (χ3n) is 4.06. The van der Waals surface area contributed by atoms with Gasteiger partial charge in [-0.25, -0.2) is 4.39 Å². The molecule has 25 heavy (non-hydrogen) atoms. The highest BCUT2D eigenvalue weighted by atomic mass is 19.1. The SMILES string of the molecule is CC(C=N)(Cc1ccccc1)NC(=O)c1cnc2c(F)cccc2c1. The first kappa shape index (κ1) is 16.8. The lowest BCUT2D eigenvalue weighted by molar-refractivity contribution is 0.0928. The molecule has 1 unspecified atom stereocenters. The molecule has 3 rings (SSSR count). The zero-order valence-electron chi connectivity index (χ0n) is 13.8. The van der Waals surface area contributed by atoms with Crippen molar-refractivity contribution in [2.24, 2.45) is 0 Å². The minimum atomic E-state index is -0.824. The van der Waals surface area contributed by atoms with E-state index in [0.717, 1.165) is 5.56 Å². The van der Waals surface area contributed by atoms with Gasteiger partial charge >= 0.3 is 0 Å². The van der Waals surface area contributed by atoms with E-state index in [2.05, 4.69) is 10.3 Å². The first-order valence-electron chi connectivity index (χ1n) is 7.93. The predicted molar refractivity (Wildman–Crippen MR) is 96.5 cm³/mol. The highest BCUT2D eigenvalue weighted by molar-refractivity contribution is 5.99. The Morgan fingerprint density at radius 3 is 2.72 bits per heavy atom. The Balaban J connectivity index is 1.83. The summed E-state index contributed by atoms with van der Waals surface area (Å²) in [4.78, 5) is 16.6. The van der Waals surface area contributed by atoms with E-state index in [0.29, 0.717) is 17.4 Å². The summed E-state index contributed by atoms with van der Waals surface area (Å²) in [5.41, 5.74) is 0.764. The van der Waals surface area contributed by atoms with Crippen molar-refractivity contribution in [1.82, 2.24) is 10.3 Å². The van der Waals surface area contributed by atoms with Gasteiger partial charge in [0.1, 0.15) is 11.3 Å². The van der Waals surface area contributed by atoms with E-state index in [1.807, 2.05) is 30.3 Å². The van der Waals surface area contributed by atoms with E-state index in [1.165, 1.54) is 18.5 Å². The van der Waals surface area contributed by atoms with Crippen molar-refractivity contribution in [3.05, 3.63) is 77.7 Å². The number of nitrogens with one attached hydrogen (secondary N) is 2. The van der Waals surface area contributed by atoms with E-state index in [1.54, 1.807) is 25.1 Å². The summed E-state index contributed by atoms with van der Waals surface area (Å²) in [6.45, 7) is 1.79. The molecule has 0 aliphatic heterocycles. The van der Waals surface area contributed by atoms with Crippen molar-refractivity contribution >= 4 is 23.0 Å². The van der Waals surface area contributed by atoms with E-state index < -0.39 is 11.4 Å². The summed E-state index contributed by atoms with van der Waals surface area (Å²) in [6, 6.07) is 15.9. The molecule has 4 nitrogen and oxygen atoms in total. The zero-order chi connectivity index (χ0) is 17.9. The van der Waals surface area contributed by atoms with Crippen LogP contribution in [-0.4, -0.2) is 22.6 Å². The van der Waals surface area contributed by atoms with Crippen LogP contribution in [0.5, 0.6) is 0 Å². The molecule has 0 aliphatic carbocycles. The van der Waals surface area contributed by atoms with Crippen LogP contribution in [0.3, 0.4) is 0 Å². The summed E-state index contributed by atoms with van der Waals surface area (Å²) >= 11 is 0. The molecule has 1 amide bonds. The number of carbonyl (C=O) groups excluding carboxylic acids is 1. The van der Waals surface area contributed by atoms with Crippen LogP contribution in [0.2, 0.25) is 0 Å². The molecule has 5 heteroatoms. The molecule has 0 saturated heterocycles. The highest BCUT2D eigenvalue weighted by Crippen LogP contribution is 2.18. The number of carbonyl (C=O) groups is 1. The number of aromatic nitrogens is 1. The van der Waals surface area contributed by atoms with E-state index in [4.69, 9.17) is 5.41 Å². The number of nitrogens with zero attached hydrogens (tertiary/aromatic N) is 1. The molecule has 1 aromatic heterocycles. The lowest BCUT2D eigenvalue weighted by Crippen LogP contribution is -2.49. The van der Waals surface area contributed by atoms with Gasteiger partial charge in [-0.05, 0) is 24.6 Å². The molecule has 3 aromatic rings. The van der Waals surface area contributed by atoms with Gasteiger partial charge in [-0.2, -0.15) is 0 Å². The summed E-state index contributed by atoms with van der Waals surface area (Å²) in [6.07, 6.45) is 3.08. The third-order valence-corrected chi connectivity index (χ3v) is 4.06. The lowest BCUT2D eigenvalue weighted by atomic mass is 9.93. The first-order valence-corrected chi connectivity index (χ1v) is 7.93. The first-order chi connectivity index (χ1) is 12.0. The monoisotopic (exact) mass is 335 g/mol. The van der Waals surface area contributed by atoms with Crippen LogP contribution in [0.25, 0.3) is 10.9 Å². The maximum atomic E-state index is 13.7. The molecule has 1 atom stereocenters. The van der Waals surface area contributed by atoms with Crippen LogP contribution in [0, 0.1) is 11.2 Å². The summed E-state index contributed by atoms with van der Waals surface area (Å²) in [7, 11) is 0. The number of amides is 1. The van der Waals surface area contributed by atoms with Crippen molar-refractivity contribution < 1.29 is 9.18 Å². The van der Waals surface area contributed by atoms with Gasteiger partial charge in [0.05, 0.1) is 11.1 Å². The van der Waals surface area contributed by atoms with Crippen molar-refractivity contribution in [3.8, 4) is 0 Å². The van der Waals surface area contributed by atoms with Crippen molar-refractivity contribution in [3.63, 3.8) is 0 Å². The molecular formula is C20H18FN3O. The Morgan fingerprint density at radius 2 is 2.00 bits per heavy atom. The molecule has 1 heterocycles. The van der Waals surface area contributed by atoms with Crippen LogP contribution < -0.4 is 5.32 Å². The summed E-state index contributed by atoms with van der Waals surface area (Å²) in [5.74, 6) is -0.765. The standard InChI is InChI=1S/C20H18FN3O/c1-20(13-22,11-14-6-3-2-4-7-14)24-19(25)16-10-15-8-5-9-17(21)18(15)23-12-16/h2-10,12-13,22H,11H2,1H3,(H,24,25). The molecule has 0 radical (unpaired) electrons. The smallest absolute Gasteiger partial charge is 0.253 e. The van der Waals surface area contributed by atoms with E-state index in [9.17, 15) is 9.18 Å². The number of hydrogen-bond acceptors (Lipinski definition) is 3. The molecule has 0 spiro atoms. The zero-order valence-corrected chi connectivity index (χ0v) is 13.8. The Hall–Kier alpha value is -3.08. The van der Waals surface area contributed by atoms with Crippen LogP contribution in [-0.2, 0) is 6.42 Å². The van der Waals surface area contributed by atoms with Gasteiger partial charge in [-0.3, -0.25) is 9.78 Å². The van der Waals surface area contributed by atoms with Gasteiger partial charge < -0.3 is 10.7 Å². The van der Waals surface area contributed by atoms with Crippen LogP contribution in [0.1, 0.15) is 22.8 Å². The maximum Gasteiger partial charge on any atom is 0.253 e. The van der Waals surface area contributed by atoms with Gasteiger partial charge in [-0.1, -0.05) is 42.5 Å². The normalized spacial score (nSPS) is 13.2. The average Bonchev–Trinajstić information content (AvgIpc) is 2.62. The fraction of sp³-hybridized carbons (Fsp3) is 0.150. The van der Waals surface area contributed by atoms with E-state index >= 15 is 0 Å². The second-order valence-electron chi connectivity index (χ2n) is 6.21. The molecule has 0 saturated carbocycles. The quantitative estimate of drug-likeness (QED) is 0.697. The molecule has 2 N–H and O–H groups in total. The Morgan fingerprint density at radius 1 is 1.24 bits per heavy atom. The van der Waals surface area contributed by atoms with Crippen molar-refractivity contribution in [1.29, 1.82) is 5.41 Å². The number of fused-ring (bicyclic) bond motifs is 1. The van der Waals surface area contributed by atoms with Crippen LogP contribution in [0.15, 0.2) is 60.8 Å². The number of hydrogen-bond donors (Lipinski definition) is 2. The maximum absolute atomic E-state index is 13.7. The second kappa shape index (κ2) is 6.81. The number of halogens is 1. The second-order valence-corrected chi connectivity index (χ2v) is 6.21. The third kappa shape index (κ3) is 3.71. The topological polar surface area (TPSA) is 65.8 Å². The summed E-state index contributed by atoms with van der Waals surface area (Å²) < 4.78 is 13.7. The molecule has 0 fully saturated rings. The molecule has 0 aliphatic rings. The van der Waals surface area contributed by atoms with Crippen LogP contribution >= 0.6 is 0 Å². The number of benzene rings is 2. The highest BCUT2D eigenvalue weighted by Gasteiger charge is 2.25. The minimum absolute atomic E-state index is 0.234. The number of para-hydroxylation sites is 1. The fourth-order valence-electron chi connectivity index (χ4n) is 2.73. The molecule has 2 aromatic carbocycles. The molecule has 126 valence electrons. The predicted octanol–water partition coefficient (Wildman–Crippen LogP) is 3.75. The lowest BCUT2D eigenvalue weighted by Gasteiger charge is -2.26. The van der Waals surface area contributed by atoms with Gasteiger partial charge in [0.25, 0.3) is 5.91 Å². The van der Waals surface area contributed by atoms with Crippen molar-refractivity contribution in [2.75, 3.05) is 0 Å². The largest absolute Gasteiger partial charge is 0.342 e. The fourth-order valence-corrected chi connectivity index (χ4v) is 2.73.